The molecule has 1 atom stereocenters. The molecule has 0 bridgehead atoms. The van der Waals surface area contributed by atoms with E-state index in [1.807, 2.05) is 37.7 Å². The molecule has 3 nitrogen and oxygen atoms in total. The number of rotatable bonds is 4. The van der Waals surface area contributed by atoms with Gasteiger partial charge in [-0.05, 0) is 19.5 Å². The van der Waals surface area contributed by atoms with Crippen LogP contribution < -0.4 is 5.32 Å². The molecule has 0 aliphatic carbocycles. The Kier molecular flexibility index (Phi) is 3.77. The molecular weight excluding hydrogens is 229 g/mol. The van der Waals surface area contributed by atoms with E-state index in [2.05, 4.69) is 10.3 Å². The highest BCUT2D eigenvalue weighted by molar-refractivity contribution is 5.30. The molecule has 0 aliphatic heterocycles. The summed E-state index contributed by atoms with van der Waals surface area (Å²) in [5, 5.41) is 3.29. The first-order valence-corrected chi connectivity index (χ1v) is 6.10. The van der Waals surface area contributed by atoms with E-state index >= 15 is 0 Å². The van der Waals surface area contributed by atoms with Gasteiger partial charge in [0.05, 0.1) is 6.04 Å². The molecule has 0 aliphatic rings. The molecule has 2 rings (SSSR count). The van der Waals surface area contributed by atoms with Crippen molar-refractivity contribution in [1.29, 1.82) is 0 Å². The zero-order valence-corrected chi connectivity index (χ0v) is 10.9. The molecule has 4 heteroatoms. The molecule has 1 unspecified atom stereocenters. The van der Waals surface area contributed by atoms with Crippen LogP contribution in [0, 0.1) is 12.7 Å². The predicted octanol–water partition coefficient (Wildman–Crippen LogP) is 2.57. The van der Waals surface area contributed by atoms with Crippen molar-refractivity contribution in [2.24, 2.45) is 7.05 Å². The van der Waals surface area contributed by atoms with E-state index in [-0.39, 0.29) is 11.9 Å². The number of halogens is 1. The van der Waals surface area contributed by atoms with Crippen molar-refractivity contribution in [2.45, 2.75) is 19.9 Å². The maximum absolute atomic E-state index is 14.0. The molecule has 96 valence electrons. The number of aromatic nitrogens is 2. The van der Waals surface area contributed by atoms with Crippen molar-refractivity contribution in [1.82, 2.24) is 14.9 Å². The summed E-state index contributed by atoms with van der Waals surface area (Å²) in [4.78, 5) is 4.32. The number of nitrogens with one attached hydrogen (secondary N) is 1. The van der Waals surface area contributed by atoms with Gasteiger partial charge in [0.25, 0.3) is 0 Å². The molecule has 0 radical (unpaired) electrons. The fourth-order valence-electron chi connectivity index (χ4n) is 2.08. The van der Waals surface area contributed by atoms with Crippen LogP contribution in [0.2, 0.25) is 0 Å². The van der Waals surface area contributed by atoms with E-state index in [1.54, 1.807) is 12.3 Å². The first kappa shape index (κ1) is 12.8. The minimum atomic E-state index is -0.213. The molecule has 0 amide bonds. The standard InChI is InChI=1S/C14H18FN3/c1-4-16-13(14-17-7-8-18(14)3)11-9-10(2)5-6-12(11)15/h5-9,13,16H,4H2,1-3H3. The van der Waals surface area contributed by atoms with Gasteiger partial charge in [0, 0.05) is 25.0 Å². The number of hydrogen-bond donors (Lipinski definition) is 1. The SMILES string of the molecule is CCNC(c1cc(C)ccc1F)c1nccn1C. The molecule has 2 aromatic rings. The smallest absolute Gasteiger partial charge is 0.130 e. The lowest BCUT2D eigenvalue weighted by atomic mass is 10.0. The third-order valence-electron chi connectivity index (χ3n) is 2.99. The van der Waals surface area contributed by atoms with Gasteiger partial charge >= 0.3 is 0 Å². The highest BCUT2D eigenvalue weighted by Gasteiger charge is 2.20. The molecule has 1 N–H and O–H groups in total. The molecule has 0 spiro atoms. The lowest BCUT2D eigenvalue weighted by molar-refractivity contribution is 0.531. The van der Waals surface area contributed by atoms with Gasteiger partial charge in [-0.15, -0.1) is 0 Å². The van der Waals surface area contributed by atoms with Crippen LogP contribution in [0.1, 0.15) is 29.9 Å². The minimum Gasteiger partial charge on any atom is -0.336 e. The lowest BCUT2D eigenvalue weighted by Gasteiger charge is -2.19. The normalized spacial score (nSPS) is 12.7. The summed E-state index contributed by atoms with van der Waals surface area (Å²) in [6.45, 7) is 4.72. The van der Waals surface area contributed by atoms with Crippen molar-refractivity contribution >= 4 is 0 Å². The van der Waals surface area contributed by atoms with Crippen LogP contribution in [-0.2, 0) is 7.05 Å². The summed E-state index contributed by atoms with van der Waals surface area (Å²) in [5.41, 5.74) is 1.69. The lowest BCUT2D eigenvalue weighted by Crippen LogP contribution is -2.25. The third kappa shape index (κ3) is 2.43. The summed E-state index contributed by atoms with van der Waals surface area (Å²) in [5.74, 6) is 0.621. The van der Waals surface area contributed by atoms with Crippen LogP contribution in [-0.4, -0.2) is 16.1 Å². The molecule has 0 fully saturated rings. The summed E-state index contributed by atoms with van der Waals surface area (Å²) in [6.07, 6.45) is 3.60. The Morgan fingerprint density at radius 2 is 2.22 bits per heavy atom. The van der Waals surface area contributed by atoms with E-state index in [0.717, 1.165) is 17.9 Å². The maximum Gasteiger partial charge on any atom is 0.130 e. The summed E-state index contributed by atoms with van der Waals surface area (Å²) >= 11 is 0. The van der Waals surface area contributed by atoms with E-state index in [1.165, 1.54) is 6.07 Å². The quantitative estimate of drug-likeness (QED) is 0.900. The second kappa shape index (κ2) is 5.31. The molecule has 1 aromatic carbocycles. The monoisotopic (exact) mass is 247 g/mol. The van der Waals surface area contributed by atoms with E-state index < -0.39 is 0 Å². The van der Waals surface area contributed by atoms with Crippen LogP contribution in [0.5, 0.6) is 0 Å². The second-order valence-corrected chi connectivity index (χ2v) is 4.41. The number of aryl methyl sites for hydroxylation is 2. The van der Waals surface area contributed by atoms with Gasteiger partial charge in [-0.1, -0.05) is 24.6 Å². The Hall–Kier alpha value is -1.68. The van der Waals surface area contributed by atoms with Gasteiger partial charge in [0.15, 0.2) is 0 Å². The van der Waals surface area contributed by atoms with Crippen LogP contribution in [0.4, 0.5) is 4.39 Å². The predicted molar refractivity (Wildman–Crippen MR) is 69.9 cm³/mol. The number of nitrogens with zero attached hydrogens (tertiary/aromatic N) is 2. The van der Waals surface area contributed by atoms with Crippen LogP contribution in [0.3, 0.4) is 0 Å². The highest BCUT2D eigenvalue weighted by atomic mass is 19.1. The first-order chi connectivity index (χ1) is 8.63. The number of hydrogen-bond acceptors (Lipinski definition) is 2. The van der Waals surface area contributed by atoms with Crippen molar-refractivity contribution in [3.8, 4) is 0 Å². The van der Waals surface area contributed by atoms with Crippen molar-refractivity contribution in [3.63, 3.8) is 0 Å². The third-order valence-corrected chi connectivity index (χ3v) is 2.99. The Morgan fingerprint density at radius 3 is 2.83 bits per heavy atom. The molecule has 1 aromatic heterocycles. The Bertz CT molecular complexity index is 534. The highest BCUT2D eigenvalue weighted by Crippen LogP contribution is 2.24. The van der Waals surface area contributed by atoms with Crippen LogP contribution in [0.25, 0.3) is 0 Å². The van der Waals surface area contributed by atoms with E-state index in [4.69, 9.17) is 0 Å². The molecule has 0 saturated heterocycles. The van der Waals surface area contributed by atoms with Crippen molar-refractivity contribution < 1.29 is 4.39 Å². The van der Waals surface area contributed by atoms with Gasteiger partial charge in [-0.2, -0.15) is 0 Å². The van der Waals surface area contributed by atoms with Gasteiger partial charge in [-0.3, -0.25) is 0 Å². The Balaban J connectivity index is 2.48. The Labute approximate surface area is 107 Å². The number of imidazole rings is 1. The fourth-order valence-corrected chi connectivity index (χ4v) is 2.08. The fraction of sp³-hybridized carbons (Fsp3) is 0.357. The zero-order chi connectivity index (χ0) is 13.1. The van der Waals surface area contributed by atoms with E-state index in [0.29, 0.717) is 5.56 Å². The largest absolute Gasteiger partial charge is 0.336 e. The Morgan fingerprint density at radius 1 is 1.44 bits per heavy atom. The van der Waals surface area contributed by atoms with E-state index in [9.17, 15) is 4.39 Å². The average Bonchev–Trinajstić information content (AvgIpc) is 2.76. The van der Waals surface area contributed by atoms with Crippen molar-refractivity contribution in [2.75, 3.05) is 6.54 Å². The minimum absolute atomic E-state index is 0.199. The van der Waals surface area contributed by atoms with Crippen LogP contribution >= 0.6 is 0 Å². The van der Waals surface area contributed by atoms with Gasteiger partial charge in [-0.25, -0.2) is 9.37 Å². The summed E-state index contributed by atoms with van der Waals surface area (Å²) in [7, 11) is 1.92. The number of benzene rings is 1. The molecular formula is C14H18FN3. The molecule has 1 heterocycles. The average molecular weight is 247 g/mol. The topological polar surface area (TPSA) is 29.9 Å². The molecule has 18 heavy (non-hydrogen) atoms. The van der Waals surface area contributed by atoms with Crippen LogP contribution in [0.15, 0.2) is 30.6 Å². The summed E-state index contributed by atoms with van der Waals surface area (Å²) in [6, 6.07) is 4.95. The van der Waals surface area contributed by atoms with Gasteiger partial charge < -0.3 is 9.88 Å². The van der Waals surface area contributed by atoms with Crippen molar-refractivity contribution in [3.05, 3.63) is 53.4 Å². The maximum atomic E-state index is 14.0. The summed E-state index contributed by atoms with van der Waals surface area (Å²) < 4.78 is 15.9. The first-order valence-electron chi connectivity index (χ1n) is 6.10. The zero-order valence-electron chi connectivity index (χ0n) is 10.9. The molecule has 0 saturated carbocycles. The van der Waals surface area contributed by atoms with Gasteiger partial charge in [0.2, 0.25) is 0 Å². The second-order valence-electron chi connectivity index (χ2n) is 4.41. The van der Waals surface area contributed by atoms with Gasteiger partial charge in [0.1, 0.15) is 11.6 Å².